The smallest absolute Gasteiger partial charge is 0.190 e. The second kappa shape index (κ2) is 11.5. The number of benzene rings is 1. The quantitative estimate of drug-likeness (QED) is 0.528. The molecule has 7 rings (SSSR count). The maximum atomic E-state index is 10.3. The highest BCUT2D eigenvalue weighted by molar-refractivity contribution is 5.13. The van der Waals surface area contributed by atoms with E-state index in [0.29, 0.717) is 19.8 Å². The van der Waals surface area contributed by atoms with E-state index in [4.69, 9.17) is 52.1 Å². The van der Waals surface area contributed by atoms with E-state index < -0.39 is 54.0 Å². The zero-order chi connectivity index (χ0) is 30.8. The summed E-state index contributed by atoms with van der Waals surface area (Å²) in [5, 5.41) is 10.3. The Morgan fingerprint density at radius 2 is 1.14 bits per heavy atom. The first-order chi connectivity index (χ1) is 20.1. The van der Waals surface area contributed by atoms with Crippen molar-refractivity contribution in [1.29, 1.82) is 0 Å². The summed E-state index contributed by atoms with van der Waals surface area (Å²) in [5.41, 5.74) is 1.10. The third-order valence-electron chi connectivity index (χ3n) is 8.16. The molecule has 6 aliphatic rings. The Labute approximate surface area is 253 Å². The predicted octanol–water partition coefficient (Wildman–Crippen LogP) is 2.97. The zero-order valence-electron chi connectivity index (χ0n) is 26.2. The average Bonchev–Trinajstić information content (AvgIpc) is 3.72. The van der Waals surface area contributed by atoms with Gasteiger partial charge in [-0.15, -0.1) is 0 Å². The fourth-order valence-electron chi connectivity index (χ4n) is 6.34. The van der Waals surface area contributed by atoms with E-state index in [0.717, 1.165) is 5.56 Å². The van der Waals surface area contributed by atoms with Crippen molar-refractivity contribution < 1.29 is 57.2 Å². The highest BCUT2D eigenvalue weighted by atomic mass is 16.9. The second-order valence-electron chi connectivity index (χ2n) is 13.6. The molecular formula is C31H46O12. The summed E-state index contributed by atoms with van der Waals surface area (Å²) >= 11 is 0. The van der Waals surface area contributed by atoms with Crippen LogP contribution in [-0.2, 0) is 58.7 Å². The molecule has 1 aromatic carbocycles. The van der Waals surface area contributed by atoms with Crippen molar-refractivity contribution in [3.05, 3.63) is 35.9 Å². The van der Waals surface area contributed by atoms with Gasteiger partial charge in [0.2, 0.25) is 0 Å². The van der Waals surface area contributed by atoms with Gasteiger partial charge in [0.05, 0.1) is 19.8 Å². The number of aliphatic hydroxyl groups excluding tert-OH is 1. The van der Waals surface area contributed by atoms with Gasteiger partial charge in [0.15, 0.2) is 35.7 Å². The molecule has 1 aromatic rings. The largest absolute Gasteiger partial charge is 0.387 e. The summed E-state index contributed by atoms with van der Waals surface area (Å²) < 4.78 is 64.1. The van der Waals surface area contributed by atoms with E-state index >= 15 is 0 Å². The number of aliphatic hydroxyl groups is 1. The SMILES string of the molecule is CC1(C)OC[C@H]([C@H]2O[C@@H]3OC(C)(C)O[C@H]3C2O)O1.CC1(C)OC[C@H]([C@H]2O[C@@H]3OC(C)(C)O[C@H]3C2OCc2ccccc2)O1. The van der Waals surface area contributed by atoms with Crippen molar-refractivity contribution in [1.82, 2.24) is 0 Å². The van der Waals surface area contributed by atoms with Gasteiger partial charge in [0.25, 0.3) is 0 Å². The standard InChI is InChI=1S/C19H26O6.C12H20O6/c1-18(2)21-11-13(23-18)14-15(20-10-12-8-6-5-7-9-12)16-17(22-14)25-19(3,4)24-16;1-11(2)14-5-6(16-11)8-7(13)9-10(15-8)18-12(3,4)17-9/h5-9,13-17H,10-11H2,1-4H3;6-10,13H,5H2,1-4H3/t13-,14-,15?,16+,17-;6-,7?,8-,9+,10-/m11/s1. The molecule has 0 amide bonds. The normalized spacial score (nSPS) is 43.3. The number of ether oxygens (including phenoxy) is 11. The van der Waals surface area contributed by atoms with Crippen molar-refractivity contribution in [3.8, 4) is 0 Å². The van der Waals surface area contributed by atoms with Crippen LogP contribution in [0.2, 0.25) is 0 Å². The third kappa shape index (κ3) is 6.96. The van der Waals surface area contributed by atoms with Gasteiger partial charge < -0.3 is 57.2 Å². The van der Waals surface area contributed by atoms with Crippen LogP contribution in [0.4, 0.5) is 0 Å². The average molecular weight is 611 g/mol. The Hall–Kier alpha value is -1.26. The molecule has 0 spiro atoms. The van der Waals surface area contributed by atoms with Crippen LogP contribution in [0.3, 0.4) is 0 Å². The van der Waals surface area contributed by atoms with Gasteiger partial charge in [-0.25, -0.2) is 0 Å². The van der Waals surface area contributed by atoms with E-state index in [9.17, 15) is 5.11 Å². The Morgan fingerprint density at radius 3 is 1.67 bits per heavy atom. The van der Waals surface area contributed by atoms with Crippen LogP contribution in [0, 0.1) is 0 Å². The molecule has 6 heterocycles. The molecule has 12 heteroatoms. The fourth-order valence-corrected chi connectivity index (χ4v) is 6.34. The first kappa shape index (κ1) is 31.7. The maximum absolute atomic E-state index is 10.3. The van der Waals surface area contributed by atoms with E-state index in [1.165, 1.54) is 0 Å². The number of hydrogen-bond acceptors (Lipinski definition) is 12. The maximum Gasteiger partial charge on any atom is 0.190 e. The van der Waals surface area contributed by atoms with Gasteiger partial charge in [-0.2, -0.15) is 0 Å². The van der Waals surface area contributed by atoms with E-state index in [2.05, 4.69) is 0 Å². The minimum atomic E-state index is -0.765. The Bertz CT molecular complexity index is 1110. The topological polar surface area (TPSA) is 122 Å². The molecule has 0 saturated carbocycles. The molecule has 12 nitrogen and oxygen atoms in total. The molecule has 0 radical (unpaired) electrons. The van der Waals surface area contributed by atoms with Gasteiger partial charge in [-0.3, -0.25) is 0 Å². The highest BCUT2D eigenvalue weighted by Gasteiger charge is 2.59. The molecule has 43 heavy (non-hydrogen) atoms. The summed E-state index contributed by atoms with van der Waals surface area (Å²) in [6.07, 6.45) is -4.05. The molecule has 2 unspecified atom stereocenters. The van der Waals surface area contributed by atoms with Crippen LogP contribution < -0.4 is 0 Å². The first-order valence-electron chi connectivity index (χ1n) is 15.1. The van der Waals surface area contributed by atoms with E-state index in [1.807, 2.05) is 71.9 Å². The minimum absolute atomic E-state index is 0.211. The van der Waals surface area contributed by atoms with Gasteiger partial charge >= 0.3 is 0 Å². The monoisotopic (exact) mass is 610 g/mol. The minimum Gasteiger partial charge on any atom is -0.387 e. The molecule has 6 fully saturated rings. The molecular weight excluding hydrogens is 564 g/mol. The first-order valence-corrected chi connectivity index (χ1v) is 15.1. The predicted molar refractivity (Wildman–Crippen MR) is 148 cm³/mol. The Balaban J connectivity index is 0.000000162. The van der Waals surface area contributed by atoms with Crippen molar-refractivity contribution in [2.75, 3.05) is 13.2 Å². The summed E-state index contributed by atoms with van der Waals surface area (Å²) in [5.74, 6) is -2.64. The van der Waals surface area contributed by atoms with Crippen LogP contribution in [-0.4, -0.2) is 103 Å². The third-order valence-corrected chi connectivity index (χ3v) is 8.16. The van der Waals surface area contributed by atoms with Gasteiger partial charge in [-0.05, 0) is 61.0 Å². The van der Waals surface area contributed by atoms with Crippen molar-refractivity contribution >= 4 is 0 Å². The van der Waals surface area contributed by atoms with E-state index in [1.54, 1.807) is 13.8 Å². The lowest BCUT2D eigenvalue weighted by atomic mass is 10.1. The molecule has 6 saturated heterocycles. The van der Waals surface area contributed by atoms with Crippen LogP contribution in [0.25, 0.3) is 0 Å². The molecule has 0 aliphatic carbocycles. The van der Waals surface area contributed by atoms with Gasteiger partial charge in [0.1, 0.15) is 48.8 Å². The van der Waals surface area contributed by atoms with Crippen LogP contribution in [0.5, 0.6) is 0 Å². The number of fused-ring (bicyclic) bond motifs is 2. The molecule has 0 aromatic heterocycles. The molecule has 10 atom stereocenters. The number of rotatable bonds is 5. The fraction of sp³-hybridized carbons (Fsp3) is 0.806. The lowest BCUT2D eigenvalue weighted by molar-refractivity contribution is -0.236. The Morgan fingerprint density at radius 1 is 0.628 bits per heavy atom. The molecule has 6 aliphatic heterocycles. The van der Waals surface area contributed by atoms with E-state index in [-0.39, 0.29) is 30.5 Å². The molecule has 0 bridgehead atoms. The summed E-state index contributed by atoms with van der Waals surface area (Å²) in [4.78, 5) is 0. The highest BCUT2D eigenvalue weighted by Crippen LogP contribution is 2.43. The van der Waals surface area contributed by atoms with Crippen molar-refractivity contribution in [3.63, 3.8) is 0 Å². The molecule has 242 valence electrons. The summed E-state index contributed by atoms with van der Waals surface area (Å²) in [7, 11) is 0. The van der Waals surface area contributed by atoms with Gasteiger partial charge in [0, 0.05) is 0 Å². The lowest BCUT2D eigenvalue weighted by Crippen LogP contribution is -2.44. The van der Waals surface area contributed by atoms with Gasteiger partial charge in [-0.1, -0.05) is 30.3 Å². The summed E-state index contributed by atoms with van der Waals surface area (Å²) in [6, 6.07) is 10.1. The van der Waals surface area contributed by atoms with Crippen LogP contribution in [0.1, 0.15) is 61.0 Å². The molecule has 1 N–H and O–H groups in total. The zero-order valence-corrected chi connectivity index (χ0v) is 26.2. The van der Waals surface area contributed by atoms with Crippen LogP contribution in [0.15, 0.2) is 30.3 Å². The van der Waals surface area contributed by atoms with Crippen LogP contribution >= 0.6 is 0 Å². The summed E-state index contributed by atoms with van der Waals surface area (Å²) in [6.45, 7) is 16.2. The van der Waals surface area contributed by atoms with Crippen molar-refractivity contribution in [2.45, 2.75) is 147 Å². The number of hydrogen-bond donors (Lipinski definition) is 1. The lowest BCUT2D eigenvalue weighted by Gasteiger charge is -2.29. The Kier molecular flexibility index (Phi) is 8.49. The van der Waals surface area contributed by atoms with Crippen molar-refractivity contribution in [2.24, 2.45) is 0 Å². The second-order valence-corrected chi connectivity index (χ2v) is 13.6.